The number of carbonyl (C=O) groups excluding carboxylic acids is 1. The normalized spacial score (nSPS) is 10.3. The number of ether oxygens (including phenoxy) is 1. The molecule has 1 aromatic rings. The molecule has 0 unspecified atom stereocenters. The van der Waals surface area contributed by atoms with Gasteiger partial charge in [-0.05, 0) is 20.8 Å². The van der Waals surface area contributed by atoms with Gasteiger partial charge < -0.3 is 14.5 Å². The van der Waals surface area contributed by atoms with Crippen LogP contribution in [-0.2, 0) is 4.74 Å². The van der Waals surface area contributed by atoms with Crippen molar-refractivity contribution in [2.75, 3.05) is 11.9 Å². The number of anilines is 1. The summed E-state index contributed by atoms with van der Waals surface area (Å²) in [5.41, 5.74) is 0.190. The van der Waals surface area contributed by atoms with Gasteiger partial charge in [-0.2, -0.15) is 4.98 Å². The minimum Gasteiger partial charge on any atom is -0.461 e. The molecule has 0 saturated carbocycles. The van der Waals surface area contributed by atoms with Crippen molar-refractivity contribution in [1.29, 1.82) is 0 Å². The van der Waals surface area contributed by atoms with Crippen LogP contribution in [-0.4, -0.2) is 23.6 Å². The first kappa shape index (κ1) is 10.6. The number of hydrogen-bond acceptors (Lipinski definition) is 5. The molecule has 1 heterocycles. The maximum atomic E-state index is 11.2. The summed E-state index contributed by atoms with van der Waals surface area (Å²) >= 11 is 0. The van der Waals surface area contributed by atoms with Crippen LogP contribution in [0.15, 0.2) is 10.7 Å². The number of hydrogen-bond donors (Lipinski definition) is 1. The molecule has 0 aliphatic rings. The van der Waals surface area contributed by atoms with Crippen molar-refractivity contribution in [2.24, 2.45) is 0 Å². The third-order valence-corrected chi connectivity index (χ3v) is 1.40. The minimum atomic E-state index is -0.465. The second-order valence-electron chi connectivity index (χ2n) is 3.06. The number of esters is 1. The number of rotatable bonds is 4. The van der Waals surface area contributed by atoms with E-state index >= 15 is 0 Å². The van der Waals surface area contributed by atoms with Crippen LogP contribution < -0.4 is 5.32 Å². The Labute approximate surface area is 82.5 Å². The smallest absolute Gasteiger partial charge is 0.360 e. The minimum absolute atomic E-state index is 0.190. The standard InChI is InChI=1S/C9H14N2O3/c1-4-13-8(12)7-5-14-9(11-7)10-6(2)3/h5-6H,4H2,1-3H3,(H,10,11). The Morgan fingerprint density at radius 2 is 2.43 bits per heavy atom. The van der Waals surface area contributed by atoms with E-state index in [2.05, 4.69) is 10.3 Å². The third-order valence-electron chi connectivity index (χ3n) is 1.40. The van der Waals surface area contributed by atoms with Crippen LogP contribution in [0.4, 0.5) is 6.01 Å². The Balaban J connectivity index is 2.63. The molecule has 5 nitrogen and oxygen atoms in total. The predicted molar refractivity (Wildman–Crippen MR) is 51.2 cm³/mol. The summed E-state index contributed by atoms with van der Waals surface area (Å²) in [5.74, 6) is -0.465. The van der Waals surface area contributed by atoms with Gasteiger partial charge in [0, 0.05) is 6.04 Å². The Hall–Kier alpha value is -1.52. The van der Waals surface area contributed by atoms with Gasteiger partial charge in [0.15, 0.2) is 5.69 Å². The van der Waals surface area contributed by atoms with Crippen LogP contribution in [0.25, 0.3) is 0 Å². The third kappa shape index (κ3) is 2.76. The fraction of sp³-hybridized carbons (Fsp3) is 0.556. The number of oxazole rings is 1. The lowest BCUT2D eigenvalue weighted by atomic mass is 10.4. The molecule has 0 saturated heterocycles. The zero-order valence-electron chi connectivity index (χ0n) is 8.53. The maximum absolute atomic E-state index is 11.2. The largest absolute Gasteiger partial charge is 0.461 e. The van der Waals surface area contributed by atoms with Crippen LogP contribution in [0, 0.1) is 0 Å². The molecule has 5 heteroatoms. The lowest BCUT2D eigenvalue weighted by Gasteiger charge is -2.02. The molecule has 1 N–H and O–H groups in total. The molecule has 1 aromatic heterocycles. The van der Waals surface area contributed by atoms with E-state index in [4.69, 9.17) is 9.15 Å². The van der Waals surface area contributed by atoms with E-state index in [0.717, 1.165) is 0 Å². The molecule has 1 rings (SSSR count). The summed E-state index contributed by atoms with van der Waals surface area (Å²) in [6.07, 6.45) is 1.28. The number of aromatic nitrogens is 1. The van der Waals surface area contributed by atoms with Crippen molar-refractivity contribution in [3.63, 3.8) is 0 Å². The summed E-state index contributed by atoms with van der Waals surface area (Å²) in [5, 5.41) is 2.94. The van der Waals surface area contributed by atoms with Gasteiger partial charge in [-0.25, -0.2) is 4.79 Å². The first-order chi connectivity index (χ1) is 6.63. The van der Waals surface area contributed by atoms with Gasteiger partial charge in [0.1, 0.15) is 6.26 Å². The molecule has 0 bridgehead atoms. The van der Waals surface area contributed by atoms with Crippen LogP contribution in [0.1, 0.15) is 31.3 Å². The highest BCUT2D eigenvalue weighted by molar-refractivity contribution is 5.87. The molecule has 0 fully saturated rings. The highest BCUT2D eigenvalue weighted by Gasteiger charge is 2.12. The SMILES string of the molecule is CCOC(=O)c1coc(NC(C)C)n1. The second-order valence-corrected chi connectivity index (χ2v) is 3.06. The average molecular weight is 198 g/mol. The van der Waals surface area contributed by atoms with Crippen molar-refractivity contribution in [2.45, 2.75) is 26.8 Å². The van der Waals surface area contributed by atoms with Gasteiger partial charge in [-0.3, -0.25) is 0 Å². The maximum Gasteiger partial charge on any atom is 0.360 e. The van der Waals surface area contributed by atoms with Gasteiger partial charge >= 0.3 is 5.97 Å². The van der Waals surface area contributed by atoms with Crippen molar-refractivity contribution in [1.82, 2.24) is 4.98 Å². The zero-order chi connectivity index (χ0) is 10.6. The molecular formula is C9H14N2O3. The highest BCUT2D eigenvalue weighted by Crippen LogP contribution is 2.09. The molecule has 0 aromatic carbocycles. The van der Waals surface area contributed by atoms with Gasteiger partial charge in [0.05, 0.1) is 6.61 Å². The van der Waals surface area contributed by atoms with Crippen molar-refractivity contribution in [3.05, 3.63) is 12.0 Å². The van der Waals surface area contributed by atoms with Gasteiger partial charge in [-0.1, -0.05) is 0 Å². The van der Waals surface area contributed by atoms with Crippen molar-refractivity contribution < 1.29 is 13.9 Å². The first-order valence-electron chi connectivity index (χ1n) is 4.52. The van der Waals surface area contributed by atoms with E-state index in [0.29, 0.717) is 12.6 Å². The van der Waals surface area contributed by atoms with Crippen LogP contribution >= 0.6 is 0 Å². The Bertz CT molecular complexity index is 307. The predicted octanol–water partition coefficient (Wildman–Crippen LogP) is 1.67. The first-order valence-corrected chi connectivity index (χ1v) is 4.52. The summed E-state index contributed by atoms with van der Waals surface area (Å²) < 4.78 is 9.78. The quantitative estimate of drug-likeness (QED) is 0.745. The highest BCUT2D eigenvalue weighted by atomic mass is 16.5. The number of nitrogens with one attached hydrogen (secondary N) is 1. The Morgan fingerprint density at radius 3 is 3.00 bits per heavy atom. The molecule has 14 heavy (non-hydrogen) atoms. The van der Waals surface area contributed by atoms with E-state index < -0.39 is 5.97 Å². The molecule has 0 aliphatic heterocycles. The molecule has 0 amide bonds. The molecular weight excluding hydrogens is 184 g/mol. The molecule has 78 valence electrons. The van der Waals surface area contributed by atoms with Crippen LogP contribution in [0.5, 0.6) is 0 Å². The molecule has 0 radical (unpaired) electrons. The van der Waals surface area contributed by atoms with E-state index in [9.17, 15) is 4.79 Å². The monoisotopic (exact) mass is 198 g/mol. The summed E-state index contributed by atoms with van der Waals surface area (Å²) in [6.45, 7) is 5.98. The van der Waals surface area contributed by atoms with Gasteiger partial charge in [0.2, 0.25) is 0 Å². The fourth-order valence-electron chi connectivity index (χ4n) is 0.886. The average Bonchev–Trinajstić information content (AvgIpc) is 2.52. The number of carbonyl (C=O) groups is 1. The van der Waals surface area contributed by atoms with Gasteiger partial charge in [0.25, 0.3) is 6.01 Å². The molecule has 0 spiro atoms. The fourth-order valence-corrected chi connectivity index (χ4v) is 0.886. The summed E-state index contributed by atoms with van der Waals surface area (Å²) in [7, 11) is 0. The zero-order valence-corrected chi connectivity index (χ0v) is 8.53. The van der Waals surface area contributed by atoms with Gasteiger partial charge in [-0.15, -0.1) is 0 Å². The molecule has 0 atom stereocenters. The Morgan fingerprint density at radius 1 is 1.71 bits per heavy atom. The lowest BCUT2D eigenvalue weighted by Crippen LogP contribution is -2.10. The van der Waals surface area contributed by atoms with Crippen LogP contribution in [0.3, 0.4) is 0 Å². The van der Waals surface area contributed by atoms with Crippen molar-refractivity contribution >= 4 is 12.0 Å². The summed E-state index contributed by atoms with van der Waals surface area (Å²) in [6, 6.07) is 0.548. The topological polar surface area (TPSA) is 64.4 Å². The number of nitrogens with zero attached hydrogens (tertiary/aromatic N) is 1. The Kier molecular flexibility index (Phi) is 3.50. The van der Waals surface area contributed by atoms with E-state index in [-0.39, 0.29) is 11.7 Å². The van der Waals surface area contributed by atoms with Crippen molar-refractivity contribution in [3.8, 4) is 0 Å². The summed E-state index contributed by atoms with van der Waals surface area (Å²) in [4.78, 5) is 15.1. The molecule has 0 aliphatic carbocycles. The second kappa shape index (κ2) is 4.64. The van der Waals surface area contributed by atoms with E-state index in [1.165, 1.54) is 6.26 Å². The lowest BCUT2D eigenvalue weighted by molar-refractivity contribution is 0.0519. The van der Waals surface area contributed by atoms with Crippen LogP contribution in [0.2, 0.25) is 0 Å². The van der Waals surface area contributed by atoms with E-state index in [1.54, 1.807) is 6.92 Å². The van der Waals surface area contributed by atoms with E-state index in [1.807, 2.05) is 13.8 Å².